The molecule has 2 heterocycles. The van der Waals surface area contributed by atoms with Crippen LogP contribution in [-0.4, -0.2) is 20.7 Å². The normalized spacial score (nSPS) is 11.1. The summed E-state index contributed by atoms with van der Waals surface area (Å²) in [6.45, 7) is 4.47. The van der Waals surface area contributed by atoms with Gasteiger partial charge in [0.15, 0.2) is 0 Å². The maximum Gasteiger partial charge on any atom is 0.226 e. The number of aromatic nitrogens is 3. The van der Waals surface area contributed by atoms with Crippen molar-refractivity contribution in [3.63, 3.8) is 0 Å². The molecule has 5 nitrogen and oxygen atoms in total. The molecular weight excluding hydrogens is 355 g/mol. The van der Waals surface area contributed by atoms with Crippen LogP contribution >= 0.6 is 0 Å². The van der Waals surface area contributed by atoms with Crippen LogP contribution in [0.2, 0.25) is 0 Å². The van der Waals surface area contributed by atoms with E-state index in [1.807, 2.05) is 54.9 Å². The minimum absolute atomic E-state index is 0.0543. The van der Waals surface area contributed by atoms with Crippen molar-refractivity contribution < 1.29 is 9.18 Å². The van der Waals surface area contributed by atoms with Gasteiger partial charge in [-0.25, -0.2) is 4.39 Å². The number of anilines is 1. The number of halogens is 1. The molecule has 0 aliphatic rings. The summed E-state index contributed by atoms with van der Waals surface area (Å²) in [5.74, 6) is -0.307. The molecule has 2 aromatic heterocycles. The molecule has 0 spiro atoms. The summed E-state index contributed by atoms with van der Waals surface area (Å²) >= 11 is 0. The first-order valence-corrected chi connectivity index (χ1v) is 9.17. The predicted molar refractivity (Wildman–Crippen MR) is 109 cm³/mol. The van der Waals surface area contributed by atoms with Crippen molar-refractivity contribution in [1.29, 1.82) is 0 Å². The minimum Gasteiger partial charge on any atom is -0.355 e. The van der Waals surface area contributed by atoms with Crippen LogP contribution < -0.4 is 5.32 Å². The van der Waals surface area contributed by atoms with E-state index in [9.17, 15) is 9.18 Å². The Bertz CT molecular complexity index is 1140. The van der Waals surface area contributed by atoms with Gasteiger partial charge in [0.2, 0.25) is 5.91 Å². The molecule has 0 saturated heterocycles. The van der Waals surface area contributed by atoms with E-state index < -0.39 is 0 Å². The van der Waals surface area contributed by atoms with Crippen LogP contribution in [-0.2, 0) is 11.3 Å². The quantitative estimate of drug-likeness (QED) is 0.525. The highest BCUT2D eigenvalue weighted by Crippen LogP contribution is 2.25. The van der Waals surface area contributed by atoms with Gasteiger partial charge in [0.05, 0.1) is 5.69 Å². The minimum atomic E-state index is -0.253. The summed E-state index contributed by atoms with van der Waals surface area (Å²) in [6, 6.07) is 16.2. The van der Waals surface area contributed by atoms with Crippen LogP contribution in [0.1, 0.15) is 17.8 Å². The number of amides is 1. The van der Waals surface area contributed by atoms with Gasteiger partial charge in [-0.05, 0) is 61.9 Å². The zero-order chi connectivity index (χ0) is 19.7. The average molecular weight is 376 g/mol. The van der Waals surface area contributed by atoms with Gasteiger partial charge in [0.1, 0.15) is 5.82 Å². The fourth-order valence-electron chi connectivity index (χ4n) is 3.32. The zero-order valence-electron chi connectivity index (χ0n) is 15.8. The molecule has 2 aromatic carbocycles. The molecule has 2 N–H and O–H groups in total. The summed E-state index contributed by atoms with van der Waals surface area (Å²) < 4.78 is 15.2. The molecule has 0 radical (unpaired) electrons. The SMILES string of the molecule is Cc1cc(C)n(CCC(=O)Nc2ccc(-c3cc4cc(F)ccc4[nH]3)cc2)n1. The molecule has 4 rings (SSSR count). The second-order valence-electron chi connectivity index (χ2n) is 6.94. The van der Waals surface area contributed by atoms with E-state index in [1.165, 1.54) is 12.1 Å². The van der Waals surface area contributed by atoms with Crippen molar-refractivity contribution in [3.05, 3.63) is 71.8 Å². The van der Waals surface area contributed by atoms with Crippen molar-refractivity contribution in [3.8, 4) is 11.3 Å². The van der Waals surface area contributed by atoms with Gasteiger partial charge in [-0.2, -0.15) is 5.10 Å². The molecule has 0 atom stereocenters. The number of carbonyl (C=O) groups is 1. The third kappa shape index (κ3) is 3.81. The van der Waals surface area contributed by atoms with Crippen molar-refractivity contribution in [2.24, 2.45) is 0 Å². The van der Waals surface area contributed by atoms with Crippen LogP contribution in [0.3, 0.4) is 0 Å². The Hall–Kier alpha value is -3.41. The maximum absolute atomic E-state index is 13.4. The fourth-order valence-corrected chi connectivity index (χ4v) is 3.32. The molecule has 0 unspecified atom stereocenters. The molecule has 1 amide bonds. The van der Waals surface area contributed by atoms with Gasteiger partial charge < -0.3 is 10.3 Å². The fraction of sp³-hybridized carbons (Fsp3) is 0.182. The topological polar surface area (TPSA) is 62.7 Å². The number of hydrogen-bond donors (Lipinski definition) is 2. The van der Waals surface area contributed by atoms with Crippen LogP contribution in [0.4, 0.5) is 10.1 Å². The van der Waals surface area contributed by atoms with Crippen molar-refractivity contribution in [2.75, 3.05) is 5.32 Å². The number of nitrogens with zero attached hydrogens (tertiary/aromatic N) is 2. The third-order valence-electron chi connectivity index (χ3n) is 4.72. The van der Waals surface area contributed by atoms with Crippen LogP contribution in [0.5, 0.6) is 0 Å². The molecule has 0 aliphatic carbocycles. The molecule has 0 saturated carbocycles. The number of nitrogens with one attached hydrogen (secondary N) is 2. The second kappa shape index (κ2) is 7.31. The van der Waals surface area contributed by atoms with Crippen molar-refractivity contribution in [1.82, 2.24) is 14.8 Å². The summed E-state index contributed by atoms with van der Waals surface area (Å²) in [5, 5.41) is 8.11. The third-order valence-corrected chi connectivity index (χ3v) is 4.72. The largest absolute Gasteiger partial charge is 0.355 e. The number of carbonyl (C=O) groups excluding carboxylic acids is 1. The second-order valence-corrected chi connectivity index (χ2v) is 6.94. The van der Waals surface area contributed by atoms with Crippen molar-refractivity contribution in [2.45, 2.75) is 26.8 Å². The van der Waals surface area contributed by atoms with Gasteiger partial charge in [0, 0.05) is 40.9 Å². The Morgan fingerprint density at radius 3 is 2.61 bits per heavy atom. The summed E-state index contributed by atoms with van der Waals surface area (Å²) in [5.41, 5.74) is 5.50. The van der Waals surface area contributed by atoms with Crippen molar-refractivity contribution >= 4 is 22.5 Å². The Morgan fingerprint density at radius 2 is 1.89 bits per heavy atom. The van der Waals surface area contributed by atoms with E-state index in [1.54, 1.807) is 6.07 Å². The van der Waals surface area contributed by atoms with Crippen LogP contribution in [0.25, 0.3) is 22.2 Å². The van der Waals surface area contributed by atoms with E-state index in [4.69, 9.17) is 0 Å². The summed E-state index contributed by atoms with van der Waals surface area (Å²) in [6.07, 6.45) is 0.358. The number of fused-ring (bicyclic) bond motifs is 1. The van der Waals surface area contributed by atoms with Gasteiger partial charge in [-0.1, -0.05) is 12.1 Å². The highest BCUT2D eigenvalue weighted by molar-refractivity contribution is 5.91. The monoisotopic (exact) mass is 376 g/mol. The number of benzene rings is 2. The first-order valence-electron chi connectivity index (χ1n) is 9.17. The van der Waals surface area contributed by atoms with E-state index in [-0.39, 0.29) is 11.7 Å². The first kappa shape index (κ1) is 18.0. The molecule has 0 fully saturated rings. The van der Waals surface area contributed by atoms with Crippen LogP contribution in [0, 0.1) is 19.7 Å². The molecule has 0 aliphatic heterocycles. The summed E-state index contributed by atoms with van der Waals surface area (Å²) in [4.78, 5) is 15.5. The Kier molecular flexibility index (Phi) is 4.69. The Balaban J connectivity index is 1.41. The maximum atomic E-state index is 13.4. The highest BCUT2D eigenvalue weighted by Gasteiger charge is 2.08. The lowest BCUT2D eigenvalue weighted by molar-refractivity contribution is -0.116. The van der Waals surface area contributed by atoms with Gasteiger partial charge in [-0.3, -0.25) is 9.48 Å². The van der Waals surface area contributed by atoms with Gasteiger partial charge in [-0.15, -0.1) is 0 Å². The lowest BCUT2D eigenvalue weighted by atomic mass is 10.1. The number of aromatic amines is 1. The number of aryl methyl sites for hydroxylation is 3. The number of H-pyrrole nitrogens is 1. The molecule has 28 heavy (non-hydrogen) atoms. The number of hydrogen-bond acceptors (Lipinski definition) is 2. The smallest absolute Gasteiger partial charge is 0.226 e. The Labute approximate surface area is 162 Å². The van der Waals surface area contributed by atoms with Gasteiger partial charge in [0.25, 0.3) is 0 Å². The molecular formula is C22H21FN4O. The predicted octanol–water partition coefficient (Wildman–Crippen LogP) is 4.82. The van der Waals surface area contributed by atoms with E-state index in [0.717, 1.165) is 39.2 Å². The average Bonchev–Trinajstić information content (AvgIpc) is 3.22. The first-order chi connectivity index (χ1) is 13.5. The molecule has 142 valence electrons. The van der Waals surface area contributed by atoms with Gasteiger partial charge >= 0.3 is 0 Å². The standard InChI is InChI=1S/C22H21FN4O/c1-14-11-15(2)27(26-14)10-9-22(28)24-19-6-3-16(4-7-19)21-13-17-12-18(23)5-8-20(17)25-21/h3-8,11-13,25H,9-10H2,1-2H3,(H,24,28). The van der Waals surface area contributed by atoms with E-state index in [0.29, 0.717) is 13.0 Å². The zero-order valence-corrected chi connectivity index (χ0v) is 15.8. The lowest BCUT2D eigenvalue weighted by Crippen LogP contribution is -2.15. The molecule has 4 aromatic rings. The van der Waals surface area contributed by atoms with E-state index in [2.05, 4.69) is 15.4 Å². The highest BCUT2D eigenvalue weighted by atomic mass is 19.1. The summed E-state index contributed by atoms with van der Waals surface area (Å²) in [7, 11) is 0. The van der Waals surface area contributed by atoms with Crippen LogP contribution in [0.15, 0.2) is 54.6 Å². The Morgan fingerprint density at radius 1 is 1.11 bits per heavy atom. The number of rotatable bonds is 5. The molecule has 6 heteroatoms. The molecule has 0 bridgehead atoms. The van der Waals surface area contributed by atoms with E-state index >= 15 is 0 Å². The lowest BCUT2D eigenvalue weighted by Gasteiger charge is -2.07.